The number of benzene rings is 1. The summed E-state index contributed by atoms with van der Waals surface area (Å²) in [5.74, 6) is -5.53. The van der Waals surface area contributed by atoms with Crippen molar-refractivity contribution in [2.75, 3.05) is 13.1 Å². The van der Waals surface area contributed by atoms with Crippen molar-refractivity contribution in [3.8, 4) is 5.75 Å². The smallest absolute Gasteiger partial charge is 0.394 e. The number of aliphatic carboxylic acids is 1. The summed E-state index contributed by atoms with van der Waals surface area (Å²) in [6.45, 7) is 6.45. The van der Waals surface area contributed by atoms with Crippen molar-refractivity contribution in [2.24, 2.45) is 11.8 Å². The van der Waals surface area contributed by atoms with E-state index in [0.29, 0.717) is 5.75 Å². The van der Waals surface area contributed by atoms with Crippen LogP contribution in [0.1, 0.15) is 33.3 Å². The molecule has 1 aromatic carbocycles. The largest absolute Gasteiger partial charge is 0.481 e. The molecule has 1 saturated heterocycles. The summed E-state index contributed by atoms with van der Waals surface area (Å²) in [5.41, 5.74) is 1.03. The van der Waals surface area contributed by atoms with Gasteiger partial charge in [0.05, 0.1) is 11.8 Å². The van der Waals surface area contributed by atoms with E-state index >= 15 is 0 Å². The van der Waals surface area contributed by atoms with Gasteiger partial charge in [-0.25, -0.2) is 0 Å². The van der Waals surface area contributed by atoms with Gasteiger partial charge in [0.15, 0.2) is 6.10 Å². The highest BCUT2D eigenvalue weighted by Gasteiger charge is 2.53. The summed E-state index contributed by atoms with van der Waals surface area (Å²) in [7, 11) is 0. The van der Waals surface area contributed by atoms with Gasteiger partial charge in [-0.05, 0) is 30.0 Å². The molecule has 1 amide bonds. The number of hydrogen-bond acceptors (Lipinski definition) is 3. The highest BCUT2D eigenvalue weighted by atomic mass is 19.4. The Hall–Kier alpha value is -2.25. The predicted molar refractivity (Wildman–Crippen MR) is 92.5 cm³/mol. The van der Waals surface area contributed by atoms with Crippen LogP contribution in [0.2, 0.25) is 0 Å². The van der Waals surface area contributed by atoms with Crippen LogP contribution in [0.5, 0.6) is 5.75 Å². The third-order valence-corrected chi connectivity index (χ3v) is 4.75. The minimum absolute atomic E-state index is 0.0477. The molecule has 27 heavy (non-hydrogen) atoms. The Balaban J connectivity index is 2.06. The molecule has 5 nitrogen and oxygen atoms in total. The summed E-state index contributed by atoms with van der Waals surface area (Å²) in [5, 5.41) is 9.04. The normalized spacial score (nSPS) is 21.8. The van der Waals surface area contributed by atoms with Crippen LogP contribution in [0.4, 0.5) is 13.2 Å². The number of alkyl halides is 3. The number of nitrogens with zero attached hydrogens (tertiary/aromatic N) is 1. The lowest BCUT2D eigenvalue weighted by Crippen LogP contribution is -2.40. The molecule has 150 valence electrons. The zero-order valence-corrected chi connectivity index (χ0v) is 15.7. The summed E-state index contributed by atoms with van der Waals surface area (Å²) < 4.78 is 44.7. The van der Waals surface area contributed by atoms with Crippen LogP contribution in [0.3, 0.4) is 0 Å². The number of amides is 1. The van der Waals surface area contributed by atoms with Crippen molar-refractivity contribution in [3.05, 3.63) is 29.8 Å². The van der Waals surface area contributed by atoms with Crippen LogP contribution in [-0.2, 0) is 15.0 Å². The van der Waals surface area contributed by atoms with Crippen LogP contribution in [-0.4, -0.2) is 47.3 Å². The van der Waals surface area contributed by atoms with Gasteiger partial charge in [-0.15, -0.1) is 0 Å². The Labute approximate surface area is 156 Å². The van der Waals surface area contributed by atoms with Crippen LogP contribution >= 0.6 is 0 Å². The van der Waals surface area contributed by atoms with E-state index in [2.05, 4.69) is 20.8 Å². The fraction of sp³-hybridized carbons (Fsp3) is 0.579. The standard InChI is InChI=1S/C19H24F3NO4/c1-11(27-13-7-5-12(6-8-13)18(2,3)4)16(24)23-9-14(17(25)26)15(10-23)19(20,21)22/h5-8,11,14-15H,9-10H2,1-4H3,(H,25,26)/t11?,14-,15-/m1/s1. The van der Waals surface area contributed by atoms with Crippen LogP contribution in [0.15, 0.2) is 24.3 Å². The summed E-state index contributed by atoms with van der Waals surface area (Å²) >= 11 is 0. The lowest BCUT2D eigenvalue weighted by molar-refractivity contribution is -0.188. The van der Waals surface area contributed by atoms with Gasteiger partial charge in [-0.3, -0.25) is 9.59 Å². The maximum atomic E-state index is 13.1. The Morgan fingerprint density at radius 3 is 2.11 bits per heavy atom. The highest BCUT2D eigenvalue weighted by molar-refractivity contribution is 5.82. The highest BCUT2D eigenvalue weighted by Crippen LogP contribution is 2.38. The van der Waals surface area contributed by atoms with Crippen molar-refractivity contribution in [2.45, 2.75) is 45.4 Å². The second kappa shape index (κ2) is 7.40. The summed E-state index contributed by atoms with van der Waals surface area (Å²) in [4.78, 5) is 24.5. The molecule has 1 aliphatic heterocycles. The summed E-state index contributed by atoms with van der Waals surface area (Å²) in [6.07, 6.45) is -5.70. The quantitative estimate of drug-likeness (QED) is 0.859. The first-order chi connectivity index (χ1) is 12.3. The van der Waals surface area contributed by atoms with Crippen LogP contribution in [0.25, 0.3) is 0 Å². The minimum Gasteiger partial charge on any atom is -0.481 e. The first-order valence-electron chi connectivity index (χ1n) is 8.66. The van der Waals surface area contributed by atoms with Gasteiger partial charge in [0, 0.05) is 13.1 Å². The SMILES string of the molecule is CC(Oc1ccc(C(C)(C)C)cc1)C(=O)N1C[C@@H](C(F)(F)F)[C@H](C(=O)O)C1. The first-order valence-corrected chi connectivity index (χ1v) is 8.66. The van der Waals surface area contributed by atoms with Crippen LogP contribution < -0.4 is 4.74 Å². The van der Waals surface area contributed by atoms with Gasteiger partial charge in [-0.1, -0.05) is 32.9 Å². The second-order valence-electron chi connectivity index (χ2n) is 7.87. The molecule has 1 aromatic rings. The summed E-state index contributed by atoms with van der Waals surface area (Å²) in [6, 6.07) is 7.13. The molecule has 0 radical (unpaired) electrons. The maximum absolute atomic E-state index is 13.1. The van der Waals surface area contributed by atoms with Gasteiger partial charge >= 0.3 is 12.1 Å². The van der Waals surface area contributed by atoms with Gasteiger partial charge in [0.25, 0.3) is 5.91 Å². The average molecular weight is 387 g/mol. The topological polar surface area (TPSA) is 66.8 Å². The van der Waals surface area contributed by atoms with E-state index in [4.69, 9.17) is 9.84 Å². The van der Waals surface area contributed by atoms with Gasteiger partial charge in [0.2, 0.25) is 0 Å². The Morgan fingerprint density at radius 2 is 1.70 bits per heavy atom. The molecular formula is C19H24F3NO4. The predicted octanol–water partition coefficient (Wildman–Crippen LogP) is 3.47. The number of carboxylic acids is 1. The molecule has 2 rings (SSSR count). The number of rotatable bonds is 4. The van der Waals surface area contributed by atoms with Crippen molar-refractivity contribution in [1.29, 1.82) is 0 Å². The van der Waals surface area contributed by atoms with Gasteiger partial charge < -0.3 is 14.7 Å². The maximum Gasteiger partial charge on any atom is 0.394 e. The van der Waals surface area contributed by atoms with Gasteiger partial charge in [-0.2, -0.15) is 13.2 Å². The molecule has 1 N–H and O–H groups in total. The zero-order chi connectivity index (χ0) is 20.6. The molecule has 0 aliphatic carbocycles. The number of carbonyl (C=O) groups excluding carboxylic acids is 1. The molecule has 1 fully saturated rings. The Kier molecular flexibility index (Phi) is 5.77. The molecule has 3 atom stereocenters. The molecule has 0 bridgehead atoms. The fourth-order valence-corrected chi connectivity index (χ4v) is 3.11. The molecule has 0 spiro atoms. The van der Waals surface area contributed by atoms with E-state index in [1.807, 2.05) is 12.1 Å². The number of carboxylic acid groups (broad SMARTS) is 1. The van der Waals surface area contributed by atoms with E-state index in [1.54, 1.807) is 12.1 Å². The first kappa shape index (κ1) is 21.1. The number of carbonyl (C=O) groups is 2. The average Bonchev–Trinajstić information content (AvgIpc) is 2.99. The molecule has 0 aromatic heterocycles. The molecular weight excluding hydrogens is 363 g/mol. The van der Waals surface area contributed by atoms with Crippen LogP contribution in [0, 0.1) is 11.8 Å². The van der Waals surface area contributed by atoms with E-state index in [9.17, 15) is 22.8 Å². The number of ether oxygens (including phenoxy) is 1. The van der Waals surface area contributed by atoms with E-state index in [1.165, 1.54) is 6.92 Å². The van der Waals surface area contributed by atoms with E-state index in [0.717, 1.165) is 10.5 Å². The van der Waals surface area contributed by atoms with E-state index < -0.39 is 49.1 Å². The lowest BCUT2D eigenvalue weighted by Gasteiger charge is -2.23. The monoisotopic (exact) mass is 387 g/mol. The van der Waals surface area contributed by atoms with E-state index in [-0.39, 0.29) is 5.41 Å². The molecule has 1 aliphatic rings. The Morgan fingerprint density at radius 1 is 1.15 bits per heavy atom. The molecule has 1 heterocycles. The second-order valence-corrected chi connectivity index (χ2v) is 7.87. The number of halogens is 3. The van der Waals surface area contributed by atoms with Crippen molar-refractivity contribution in [1.82, 2.24) is 4.90 Å². The zero-order valence-electron chi connectivity index (χ0n) is 15.7. The van der Waals surface area contributed by atoms with Crippen molar-refractivity contribution >= 4 is 11.9 Å². The third kappa shape index (κ3) is 4.93. The lowest BCUT2D eigenvalue weighted by atomic mass is 9.87. The molecule has 0 saturated carbocycles. The fourth-order valence-electron chi connectivity index (χ4n) is 3.11. The number of likely N-dealkylation sites (tertiary alicyclic amines) is 1. The third-order valence-electron chi connectivity index (χ3n) is 4.75. The Bertz CT molecular complexity index is 694. The minimum atomic E-state index is -4.68. The molecule has 1 unspecified atom stereocenters. The van der Waals surface area contributed by atoms with Crippen molar-refractivity contribution in [3.63, 3.8) is 0 Å². The van der Waals surface area contributed by atoms with Gasteiger partial charge in [0.1, 0.15) is 5.75 Å². The van der Waals surface area contributed by atoms with Crippen molar-refractivity contribution < 1.29 is 32.6 Å². The molecule has 8 heteroatoms. The number of hydrogen-bond donors (Lipinski definition) is 1.